The quantitative estimate of drug-likeness (QED) is 0.462. The standard InChI is InChI=1S/C21H22ClN5O5S2/c1-14-4-7-17(12-19(14)22)27(33(3,29)30)13-20(28)25-16-5-8-18(9-6-16)34(31,32)26-21-23-11-10-15(2)24-21/h4-12H,13H2,1-3H3,(H,25,28)(H,23,24,26). The van der Waals surface area contributed by atoms with Crippen molar-refractivity contribution in [2.24, 2.45) is 0 Å². The van der Waals surface area contributed by atoms with E-state index in [-0.39, 0.29) is 22.2 Å². The van der Waals surface area contributed by atoms with E-state index < -0.39 is 32.5 Å². The Hall–Kier alpha value is -3.22. The summed E-state index contributed by atoms with van der Waals surface area (Å²) in [7, 11) is -7.72. The minimum atomic E-state index is -3.95. The first-order valence-corrected chi connectivity index (χ1v) is 13.5. The fourth-order valence-electron chi connectivity index (χ4n) is 2.86. The molecule has 1 amide bonds. The summed E-state index contributed by atoms with van der Waals surface area (Å²) in [6.45, 7) is 2.98. The second-order valence-corrected chi connectivity index (χ2v) is 11.4. The minimum absolute atomic E-state index is 0.0607. The van der Waals surface area contributed by atoms with Gasteiger partial charge in [0.1, 0.15) is 6.54 Å². The molecule has 0 radical (unpaired) electrons. The van der Waals surface area contributed by atoms with Crippen LogP contribution in [0.1, 0.15) is 11.3 Å². The van der Waals surface area contributed by atoms with Crippen molar-refractivity contribution >= 4 is 54.9 Å². The molecule has 1 heterocycles. The number of hydrogen-bond donors (Lipinski definition) is 2. The number of hydrogen-bond acceptors (Lipinski definition) is 7. The lowest BCUT2D eigenvalue weighted by molar-refractivity contribution is -0.114. The normalized spacial score (nSPS) is 11.6. The number of aryl methyl sites for hydroxylation is 2. The molecule has 34 heavy (non-hydrogen) atoms. The Morgan fingerprint density at radius 2 is 1.71 bits per heavy atom. The third kappa shape index (κ3) is 6.43. The van der Waals surface area contributed by atoms with Crippen LogP contribution in [0.2, 0.25) is 5.02 Å². The molecule has 10 nitrogen and oxygen atoms in total. The monoisotopic (exact) mass is 523 g/mol. The maximum atomic E-state index is 12.6. The van der Waals surface area contributed by atoms with Gasteiger partial charge in [0, 0.05) is 22.6 Å². The van der Waals surface area contributed by atoms with Crippen LogP contribution in [-0.2, 0) is 24.8 Å². The number of carbonyl (C=O) groups is 1. The highest BCUT2D eigenvalue weighted by Gasteiger charge is 2.22. The van der Waals surface area contributed by atoms with Gasteiger partial charge in [0.15, 0.2) is 0 Å². The number of aromatic nitrogens is 2. The molecular formula is C21H22ClN5O5S2. The molecule has 3 aromatic rings. The van der Waals surface area contributed by atoms with Crippen molar-refractivity contribution in [1.82, 2.24) is 9.97 Å². The Bertz CT molecular complexity index is 1430. The Morgan fingerprint density at radius 3 is 2.29 bits per heavy atom. The SMILES string of the molecule is Cc1ccnc(NS(=O)(=O)c2ccc(NC(=O)CN(c3ccc(C)c(Cl)c3)S(C)(=O)=O)cc2)n1. The predicted molar refractivity (Wildman–Crippen MR) is 131 cm³/mol. The predicted octanol–water partition coefficient (Wildman–Crippen LogP) is 2.95. The topological polar surface area (TPSA) is 138 Å². The van der Waals surface area contributed by atoms with Crippen molar-refractivity contribution in [3.8, 4) is 0 Å². The number of nitrogens with zero attached hydrogens (tertiary/aromatic N) is 3. The van der Waals surface area contributed by atoms with Crippen LogP contribution in [0.25, 0.3) is 0 Å². The van der Waals surface area contributed by atoms with Gasteiger partial charge in [-0.25, -0.2) is 31.5 Å². The van der Waals surface area contributed by atoms with Crippen molar-refractivity contribution in [2.75, 3.05) is 27.1 Å². The minimum Gasteiger partial charge on any atom is -0.325 e. The van der Waals surface area contributed by atoms with Gasteiger partial charge in [0.2, 0.25) is 21.9 Å². The second-order valence-electron chi connectivity index (χ2n) is 7.40. The molecule has 2 aromatic carbocycles. The summed E-state index contributed by atoms with van der Waals surface area (Å²) in [6.07, 6.45) is 2.42. The van der Waals surface area contributed by atoms with Gasteiger partial charge in [-0.2, -0.15) is 0 Å². The maximum absolute atomic E-state index is 12.6. The average Bonchev–Trinajstić information content (AvgIpc) is 2.73. The Balaban J connectivity index is 1.72. The molecule has 0 aliphatic rings. The molecule has 0 atom stereocenters. The van der Waals surface area contributed by atoms with Crippen LogP contribution < -0.4 is 14.3 Å². The molecule has 0 fully saturated rings. The zero-order valence-corrected chi connectivity index (χ0v) is 20.9. The first-order valence-electron chi connectivity index (χ1n) is 9.81. The van der Waals surface area contributed by atoms with Crippen molar-refractivity contribution in [2.45, 2.75) is 18.7 Å². The van der Waals surface area contributed by atoms with Gasteiger partial charge < -0.3 is 5.32 Å². The summed E-state index contributed by atoms with van der Waals surface area (Å²) in [5.41, 5.74) is 1.90. The van der Waals surface area contributed by atoms with Gasteiger partial charge in [-0.05, 0) is 61.9 Å². The summed E-state index contributed by atoms with van der Waals surface area (Å²) >= 11 is 6.10. The maximum Gasteiger partial charge on any atom is 0.264 e. The Kier molecular flexibility index (Phi) is 7.44. The molecule has 0 aliphatic heterocycles. The van der Waals surface area contributed by atoms with Crippen LogP contribution in [0, 0.1) is 13.8 Å². The highest BCUT2D eigenvalue weighted by molar-refractivity contribution is 7.92. The molecule has 0 bridgehead atoms. The number of benzene rings is 2. The van der Waals surface area contributed by atoms with E-state index in [4.69, 9.17) is 11.6 Å². The van der Waals surface area contributed by atoms with Gasteiger partial charge in [0.05, 0.1) is 16.8 Å². The van der Waals surface area contributed by atoms with Crippen LogP contribution in [0.3, 0.4) is 0 Å². The summed E-state index contributed by atoms with van der Waals surface area (Å²) < 4.78 is 52.8. The van der Waals surface area contributed by atoms with Crippen LogP contribution >= 0.6 is 11.6 Å². The fraction of sp³-hybridized carbons (Fsp3) is 0.190. The van der Waals surface area contributed by atoms with E-state index in [0.29, 0.717) is 10.7 Å². The lowest BCUT2D eigenvalue weighted by Gasteiger charge is -2.22. The number of amides is 1. The number of rotatable bonds is 8. The van der Waals surface area contributed by atoms with Crippen LogP contribution in [0.5, 0.6) is 0 Å². The van der Waals surface area contributed by atoms with Crippen LogP contribution in [0.15, 0.2) is 59.6 Å². The first-order chi connectivity index (χ1) is 15.8. The molecule has 0 aliphatic carbocycles. The zero-order valence-electron chi connectivity index (χ0n) is 18.5. The molecule has 2 N–H and O–H groups in total. The van der Waals surface area contributed by atoms with Crippen molar-refractivity contribution in [3.63, 3.8) is 0 Å². The molecule has 0 saturated heterocycles. The number of nitrogens with one attached hydrogen (secondary N) is 2. The van der Waals surface area contributed by atoms with Crippen molar-refractivity contribution in [3.05, 3.63) is 71.0 Å². The van der Waals surface area contributed by atoms with E-state index in [9.17, 15) is 21.6 Å². The lowest BCUT2D eigenvalue weighted by Crippen LogP contribution is -2.37. The Labute approximate surface area is 203 Å². The van der Waals surface area contributed by atoms with Crippen LogP contribution in [0.4, 0.5) is 17.3 Å². The van der Waals surface area contributed by atoms with Crippen molar-refractivity contribution < 1.29 is 21.6 Å². The molecule has 3 rings (SSSR count). The highest BCUT2D eigenvalue weighted by atomic mass is 35.5. The fourth-order valence-corrected chi connectivity index (χ4v) is 4.84. The van der Waals surface area contributed by atoms with E-state index in [1.807, 2.05) is 0 Å². The van der Waals surface area contributed by atoms with Crippen LogP contribution in [-0.4, -0.2) is 45.5 Å². The van der Waals surface area contributed by atoms with E-state index in [2.05, 4.69) is 20.0 Å². The lowest BCUT2D eigenvalue weighted by atomic mass is 10.2. The van der Waals surface area contributed by atoms with Gasteiger partial charge in [-0.15, -0.1) is 0 Å². The summed E-state index contributed by atoms with van der Waals surface area (Å²) in [6, 6.07) is 11.7. The zero-order chi connectivity index (χ0) is 25.1. The van der Waals surface area contributed by atoms with Gasteiger partial charge in [-0.3, -0.25) is 9.10 Å². The molecular weight excluding hydrogens is 502 g/mol. The number of halogens is 1. The first kappa shape index (κ1) is 25.4. The number of carbonyl (C=O) groups excluding carboxylic acids is 1. The number of anilines is 3. The van der Waals surface area contributed by atoms with Gasteiger partial charge >= 0.3 is 0 Å². The van der Waals surface area contributed by atoms with Crippen molar-refractivity contribution in [1.29, 1.82) is 0 Å². The molecule has 0 saturated carbocycles. The molecule has 180 valence electrons. The van der Waals surface area contributed by atoms with Gasteiger partial charge in [-0.1, -0.05) is 17.7 Å². The third-order valence-electron chi connectivity index (χ3n) is 4.60. The largest absolute Gasteiger partial charge is 0.325 e. The molecule has 0 unspecified atom stereocenters. The second kappa shape index (κ2) is 9.95. The molecule has 1 aromatic heterocycles. The van der Waals surface area contributed by atoms with Gasteiger partial charge in [0.25, 0.3) is 10.0 Å². The smallest absolute Gasteiger partial charge is 0.264 e. The average molecular weight is 524 g/mol. The third-order valence-corrected chi connectivity index (χ3v) is 7.49. The van der Waals surface area contributed by atoms with E-state index in [1.54, 1.807) is 32.0 Å². The molecule has 13 heteroatoms. The Morgan fingerprint density at radius 1 is 1.03 bits per heavy atom. The molecule has 0 spiro atoms. The summed E-state index contributed by atoms with van der Waals surface area (Å²) in [5, 5.41) is 2.93. The van der Waals surface area contributed by atoms with E-state index in [1.165, 1.54) is 36.5 Å². The summed E-state index contributed by atoms with van der Waals surface area (Å²) in [5.74, 6) is -0.682. The highest BCUT2D eigenvalue weighted by Crippen LogP contribution is 2.25. The summed E-state index contributed by atoms with van der Waals surface area (Å²) in [4.78, 5) is 20.4. The number of sulfonamides is 2. The van der Waals surface area contributed by atoms with E-state index >= 15 is 0 Å². The van der Waals surface area contributed by atoms with E-state index in [0.717, 1.165) is 16.1 Å².